The fraction of sp³-hybridized carbons (Fsp3) is 0.500. The molecule has 4 heteroatoms. The van der Waals surface area contributed by atoms with Gasteiger partial charge in [-0.2, -0.15) is 0 Å². The van der Waals surface area contributed by atoms with Gasteiger partial charge in [-0.15, -0.1) is 0 Å². The quantitative estimate of drug-likeness (QED) is 0.644. The predicted octanol–water partition coefficient (Wildman–Crippen LogP) is 2.39. The third kappa shape index (κ3) is 3.36. The van der Waals surface area contributed by atoms with Crippen LogP contribution in [0.4, 0.5) is 0 Å². The normalized spacial score (nSPS) is 13.2. The van der Waals surface area contributed by atoms with Gasteiger partial charge >= 0.3 is 0 Å². The summed E-state index contributed by atoms with van der Waals surface area (Å²) in [7, 11) is 0. The number of hydrazine groups is 1. The van der Waals surface area contributed by atoms with Gasteiger partial charge < -0.3 is 0 Å². The van der Waals surface area contributed by atoms with Crippen molar-refractivity contribution in [3.8, 4) is 0 Å². The van der Waals surface area contributed by atoms with Crippen molar-refractivity contribution >= 4 is 15.9 Å². The van der Waals surface area contributed by atoms with E-state index in [-0.39, 0.29) is 6.04 Å². The largest absolute Gasteiger partial charge is 0.271 e. The highest BCUT2D eigenvalue weighted by molar-refractivity contribution is 9.10. The van der Waals surface area contributed by atoms with Crippen molar-refractivity contribution in [2.45, 2.75) is 26.3 Å². The standard InChI is InChI=1S/C10H16BrN3/c1-7(2)5-10(14-12)9-4-3-8(11)6-13-9/h3-4,6-7,10,14H,5,12H2,1-2H3. The Morgan fingerprint density at radius 2 is 2.21 bits per heavy atom. The molecule has 0 amide bonds. The number of nitrogens with two attached hydrogens (primary N) is 1. The molecule has 0 aliphatic carbocycles. The Labute approximate surface area is 93.2 Å². The van der Waals surface area contributed by atoms with Crippen LogP contribution in [0.5, 0.6) is 0 Å². The summed E-state index contributed by atoms with van der Waals surface area (Å²) in [6, 6.07) is 4.10. The van der Waals surface area contributed by atoms with Gasteiger partial charge in [-0.3, -0.25) is 16.3 Å². The van der Waals surface area contributed by atoms with E-state index in [1.807, 2.05) is 12.1 Å². The van der Waals surface area contributed by atoms with Gasteiger partial charge in [0.25, 0.3) is 0 Å². The third-order valence-electron chi connectivity index (χ3n) is 2.02. The molecule has 1 heterocycles. The second-order valence-electron chi connectivity index (χ2n) is 3.75. The predicted molar refractivity (Wildman–Crippen MR) is 61.5 cm³/mol. The molecule has 1 rings (SSSR count). The van der Waals surface area contributed by atoms with Gasteiger partial charge in [-0.05, 0) is 40.4 Å². The average Bonchev–Trinajstić information content (AvgIpc) is 2.15. The zero-order valence-electron chi connectivity index (χ0n) is 8.50. The molecule has 14 heavy (non-hydrogen) atoms. The second kappa shape index (κ2) is 5.44. The summed E-state index contributed by atoms with van der Waals surface area (Å²) >= 11 is 3.35. The molecule has 1 unspecified atom stereocenters. The summed E-state index contributed by atoms with van der Waals surface area (Å²) < 4.78 is 0.988. The number of halogens is 1. The van der Waals surface area contributed by atoms with Gasteiger partial charge in [0.15, 0.2) is 0 Å². The number of nitrogens with one attached hydrogen (secondary N) is 1. The number of rotatable bonds is 4. The van der Waals surface area contributed by atoms with Gasteiger partial charge in [0, 0.05) is 10.7 Å². The van der Waals surface area contributed by atoms with Crippen molar-refractivity contribution in [3.05, 3.63) is 28.5 Å². The summed E-state index contributed by atoms with van der Waals surface area (Å²) in [6.07, 6.45) is 2.78. The Hall–Kier alpha value is -0.450. The van der Waals surface area contributed by atoms with Crippen LogP contribution in [-0.2, 0) is 0 Å². The van der Waals surface area contributed by atoms with Crippen LogP contribution in [-0.4, -0.2) is 4.98 Å². The first kappa shape index (κ1) is 11.6. The Bertz CT molecular complexity index is 271. The molecule has 0 bridgehead atoms. The molecule has 0 spiro atoms. The van der Waals surface area contributed by atoms with Crippen molar-refractivity contribution in [2.75, 3.05) is 0 Å². The minimum absolute atomic E-state index is 0.142. The highest BCUT2D eigenvalue weighted by Gasteiger charge is 2.12. The van der Waals surface area contributed by atoms with E-state index in [1.54, 1.807) is 6.20 Å². The zero-order chi connectivity index (χ0) is 10.6. The lowest BCUT2D eigenvalue weighted by molar-refractivity contribution is 0.430. The lowest BCUT2D eigenvalue weighted by atomic mass is 10.0. The number of aromatic nitrogens is 1. The Morgan fingerprint density at radius 3 is 2.64 bits per heavy atom. The smallest absolute Gasteiger partial charge is 0.0634 e. The molecular weight excluding hydrogens is 242 g/mol. The molecule has 0 radical (unpaired) electrons. The maximum atomic E-state index is 5.49. The molecule has 0 aromatic carbocycles. The first-order chi connectivity index (χ1) is 6.63. The zero-order valence-corrected chi connectivity index (χ0v) is 10.1. The van der Waals surface area contributed by atoms with Crippen molar-refractivity contribution in [2.24, 2.45) is 11.8 Å². The van der Waals surface area contributed by atoms with E-state index >= 15 is 0 Å². The summed E-state index contributed by atoms with van der Waals surface area (Å²) in [5.41, 5.74) is 3.78. The monoisotopic (exact) mass is 257 g/mol. The third-order valence-corrected chi connectivity index (χ3v) is 2.48. The Morgan fingerprint density at radius 1 is 1.50 bits per heavy atom. The van der Waals surface area contributed by atoms with E-state index in [0.717, 1.165) is 16.6 Å². The van der Waals surface area contributed by atoms with Gasteiger partial charge in [0.05, 0.1) is 11.7 Å². The fourth-order valence-electron chi connectivity index (χ4n) is 1.34. The molecular formula is C10H16BrN3. The van der Waals surface area contributed by atoms with Gasteiger partial charge in [-0.1, -0.05) is 13.8 Å². The number of hydrogen-bond donors (Lipinski definition) is 2. The Kier molecular flexibility index (Phi) is 4.51. The van der Waals surface area contributed by atoms with Crippen molar-refractivity contribution in [1.29, 1.82) is 0 Å². The second-order valence-corrected chi connectivity index (χ2v) is 4.67. The van der Waals surface area contributed by atoms with E-state index < -0.39 is 0 Å². The molecule has 0 saturated heterocycles. The maximum absolute atomic E-state index is 5.49. The molecule has 3 N–H and O–H groups in total. The van der Waals surface area contributed by atoms with Crippen LogP contribution in [0.15, 0.2) is 22.8 Å². The van der Waals surface area contributed by atoms with Crippen LogP contribution < -0.4 is 11.3 Å². The first-order valence-corrected chi connectivity index (χ1v) is 5.50. The van der Waals surface area contributed by atoms with Gasteiger partial charge in [0.2, 0.25) is 0 Å². The van der Waals surface area contributed by atoms with Crippen molar-refractivity contribution in [3.63, 3.8) is 0 Å². The SMILES string of the molecule is CC(C)CC(NN)c1ccc(Br)cn1. The number of hydrogen-bond acceptors (Lipinski definition) is 3. The highest BCUT2D eigenvalue weighted by atomic mass is 79.9. The lowest BCUT2D eigenvalue weighted by Gasteiger charge is -2.17. The molecule has 0 aliphatic rings. The fourth-order valence-corrected chi connectivity index (χ4v) is 1.57. The van der Waals surface area contributed by atoms with E-state index in [1.165, 1.54) is 0 Å². The molecule has 1 atom stereocenters. The van der Waals surface area contributed by atoms with Crippen LogP contribution >= 0.6 is 15.9 Å². The minimum Gasteiger partial charge on any atom is -0.271 e. The molecule has 0 saturated carbocycles. The average molecular weight is 258 g/mol. The lowest BCUT2D eigenvalue weighted by Crippen LogP contribution is -2.29. The van der Waals surface area contributed by atoms with Crippen LogP contribution in [0, 0.1) is 5.92 Å². The molecule has 0 aliphatic heterocycles. The van der Waals surface area contributed by atoms with Crippen LogP contribution in [0.1, 0.15) is 32.0 Å². The molecule has 1 aromatic rings. The summed E-state index contributed by atoms with van der Waals surface area (Å²) in [5.74, 6) is 6.09. The van der Waals surface area contributed by atoms with Crippen molar-refractivity contribution < 1.29 is 0 Å². The molecule has 78 valence electrons. The summed E-state index contributed by atoms with van der Waals surface area (Å²) in [6.45, 7) is 4.34. The maximum Gasteiger partial charge on any atom is 0.0634 e. The van der Waals surface area contributed by atoms with E-state index in [2.05, 4.69) is 40.2 Å². The summed E-state index contributed by atoms with van der Waals surface area (Å²) in [4.78, 5) is 4.31. The number of nitrogens with zero attached hydrogens (tertiary/aromatic N) is 1. The summed E-state index contributed by atoms with van der Waals surface area (Å²) in [5, 5.41) is 0. The van der Waals surface area contributed by atoms with Crippen LogP contribution in [0.25, 0.3) is 0 Å². The molecule has 0 fully saturated rings. The molecule has 3 nitrogen and oxygen atoms in total. The highest BCUT2D eigenvalue weighted by Crippen LogP contribution is 2.19. The Balaban J connectivity index is 2.73. The first-order valence-electron chi connectivity index (χ1n) is 4.71. The van der Waals surface area contributed by atoms with Gasteiger partial charge in [-0.25, -0.2) is 0 Å². The van der Waals surface area contributed by atoms with Crippen LogP contribution in [0.3, 0.4) is 0 Å². The molecule has 1 aromatic heterocycles. The van der Waals surface area contributed by atoms with E-state index in [4.69, 9.17) is 5.84 Å². The van der Waals surface area contributed by atoms with Crippen LogP contribution in [0.2, 0.25) is 0 Å². The van der Waals surface area contributed by atoms with Crippen molar-refractivity contribution in [1.82, 2.24) is 10.4 Å². The van der Waals surface area contributed by atoms with E-state index in [0.29, 0.717) is 5.92 Å². The van der Waals surface area contributed by atoms with E-state index in [9.17, 15) is 0 Å². The minimum atomic E-state index is 0.142. The van der Waals surface area contributed by atoms with Gasteiger partial charge in [0.1, 0.15) is 0 Å². The topological polar surface area (TPSA) is 50.9 Å². The number of pyridine rings is 1.